The standard InChI is InChI=1S/C12H18ClN2O4PS2/c1-4-9-21-20(17,14(2)10-16)15(3)22(18,19)12-7-5-11(13)6-8-12/h5-8,10H,4,9H2,1-3H3. The molecule has 0 saturated carbocycles. The maximum absolute atomic E-state index is 13.1. The highest BCUT2D eigenvalue weighted by molar-refractivity contribution is 8.57. The largest absolute Gasteiger partial charge is 0.310 e. The Kier molecular flexibility index (Phi) is 6.95. The number of nitrogens with zero attached hydrogens (tertiary/aromatic N) is 2. The second-order valence-corrected chi connectivity index (χ2v) is 12.2. The van der Waals surface area contributed by atoms with Crippen LogP contribution in [0.2, 0.25) is 5.02 Å². The van der Waals surface area contributed by atoms with Gasteiger partial charge in [0.05, 0.1) is 4.90 Å². The zero-order valence-corrected chi connectivity index (χ0v) is 15.8. The number of carbonyl (C=O) groups is 1. The molecule has 0 radical (unpaired) electrons. The number of halogens is 1. The summed E-state index contributed by atoms with van der Waals surface area (Å²) < 4.78 is 40.0. The van der Waals surface area contributed by atoms with E-state index in [9.17, 15) is 17.8 Å². The van der Waals surface area contributed by atoms with Crippen LogP contribution in [0, 0.1) is 0 Å². The molecule has 0 aliphatic carbocycles. The van der Waals surface area contributed by atoms with E-state index < -0.39 is 16.7 Å². The summed E-state index contributed by atoms with van der Waals surface area (Å²) in [6, 6.07) is 5.56. The summed E-state index contributed by atoms with van der Waals surface area (Å²) in [4.78, 5) is 11.0. The Balaban J connectivity index is 3.27. The Morgan fingerprint density at radius 1 is 1.27 bits per heavy atom. The van der Waals surface area contributed by atoms with Gasteiger partial charge in [0.2, 0.25) is 16.4 Å². The van der Waals surface area contributed by atoms with Crippen LogP contribution in [0.4, 0.5) is 0 Å². The number of rotatable bonds is 8. The van der Waals surface area contributed by atoms with Gasteiger partial charge in [0.1, 0.15) is 0 Å². The van der Waals surface area contributed by atoms with Gasteiger partial charge in [-0.3, -0.25) is 14.0 Å². The van der Waals surface area contributed by atoms with E-state index in [4.69, 9.17) is 11.6 Å². The highest BCUT2D eigenvalue weighted by atomic mass is 35.5. The first-order valence-electron chi connectivity index (χ1n) is 6.38. The van der Waals surface area contributed by atoms with Gasteiger partial charge in [0, 0.05) is 24.9 Å². The highest BCUT2D eigenvalue weighted by Gasteiger charge is 2.40. The van der Waals surface area contributed by atoms with Crippen molar-refractivity contribution in [1.29, 1.82) is 0 Å². The van der Waals surface area contributed by atoms with Gasteiger partial charge in [-0.1, -0.05) is 29.9 Å². The van der Waals surface area contributed by atoms with Crippen LogP contribution in [0.5, 0.6) is 0 Å². The average Bonchev–Trinajstić information content (AvgIpc) is 2.51. The van der Waals surface area contributed by atoms with Gasteiger partial charge in [-0.2, -0.15) is 0 Å². The van der Waals surface area contributed by atoms with Crippen LogP contribution in [0.3, 0.4) is 0 Å². The molecular weight excluding hydrogens is 367 g/mol. The summed E-state index contributed by atoms with van der Waals surface area (Å²) in [6.45, 7) is -1.74. The molecule has 1 unspecified atom stereocenters. The molecule has 0 aliphatic rings. The molecule has 10 heteroatoms. The smallest absolute Gasteiger partial charge is 0.278 e. The Bertz CT molecular complexity index is 666. The van der Waals surface area contributed by atoms with E-state index in [1.807, 2.05) is 6.92 Å². The zero-order valence-electron chi connectivity index (χ0n) is 12.5. The fourth-order valence-corrected chi connectivity index (χ4v) is 9.07. The van der Waals surface area contributed by atoms with Gasteiger partial charge in [0.15, 0.2) is 0 Å². The average molecular weight is 385 g/mol. The molecule has 6 nitrogen and oxygen atoms in total. The minimum Gasteiger partial charge on any atom is -0.278 e. The van der Waals surface area contributed by atoms with Crippen LogP contribution in [0.1, 0.15) is 13.3 Å². The third-order valence-electron chi connectivity index (χ3n) is 2.83. The van der Waals surface area contributed by atoms with Gasteiger partial charge >= 0.3 is 6.65 Å². The third-order valence-corrected chi connectivity index (χ3v) is 11.9. The highest BCUT2D eigenvalue weighted by Crippen LogP contribution is 2.64. The molecule has 1 aromatic carbocycles. The van der Waals surface area contributed by atoms with Crippen LogP contribution >= 0.6 is 29.6 Å². The maximum Gasteiger partial charge on any atom is 0.310 e. The van der Waals surface area contributed by atoms with Crippen molar-refractivity contribution in [2.24, 2.45) is 0 Å². The zero-order chi connectivity index (χ0) is 17.0. The number of benzene rings is 1. The van der Waals surface area contributed by atoms with Crippen LogP contribution < -0.4 is 0 Å². The van der Waals surface area contributed by atoms with Crippen molar-refractivity contribution in [2.45, 2.75) is 18.2 Å². The summed E-state index contributed by atoms with van der Waals surface area (Å²) in [6.07, 6.45) is 1.08. The van der Waals surface area contributed by atoms with Gasteiger partial charge in [0.25, 0.3) is 0 Å². The summed E-state index contributed by atoms with van der Waals surface area (Å²) in [7, 11) is -1.48. The van der Waals surface area contributed by atoms with E-state index >= 15 is 0 Å². The predicted molar refractivity (Wildman–Crippen MR) is 90.6 cm³/mol. The third kappa shape index (κ3) is 4.06. The molecule has 22 heavy (non-hydrogen) atoms. The fourth-order valence-electron chi connectivity index (χ4n) is 1.54. The first-order valence-corrected chi connectivity index (χ1v) is 11.4. The van der Waals surface area contributed by atoms with Crippen LogP contribution in [-0.4, -0.2) is 43.4 Å². The summed E-state index contributed by atoms with van der Waals surface area (Å²) in [5.74, 6) is 0.468. The molecule has 1 aromatic rings. The first kappa shape index (κ1) is 19.5. The topological polar surface area (TPSA) is 74.8 Å². The minimum absolute atomic E-state index is 0.0315. The summed E-state index contributed by atoms with van der Waals surface area (Å²) in [5.41, 5.74) is 0. The molecule has 0 fully saturated rings. The number of hydrogen-bond donors (Lipinski definition) is 0. The predicted octanol–water partition coefficient (Wildman–Crippen LogP) is 3.30. The molecule has 124 valence electrons. The molecule has 1 rings (SSSR count). The minimum atomic E-state index is -4.01. The number of sulfonamides is 1. The van der Waals surface area contributed by atoms with Crippen molar-refractivity contribution >= 4 is 46.1 Å². The molecule has 0 aromatic heterocycles. The van der Waals surface area contributed by atoms with E-state index in [0.29, 0.717) is 23.6 Å². The summed E-state index contributed by atoms with van der Waals surface area (Å²) >= 11 is 6.71. The molecule has 0 saturated heterocycles. The first-order chi connectivity index (χ1) is 10.2. The Morgan fingerprint density at radius 3 is 2.27 bits per heavy atom. The lowest BCUT2D eigenvalue weighted by molar-refractivity contribution is -0.113. The van der Waals surface area contributed by atoms with E-state index in [1.54, 1.807) is 0 Å². The lowest BCUT2D eigenvalue weighted by Crippen LogP contribution is -2.30. The van der Waals surface area contributed by atoms with E-state index in [1.165, 1.54) is 38.4 Å². The number of carbonyl (C=O) groups excluding carboxylic acids is 1. The molecule has 0 aliphatic heterocycles. The Labute approximate surface area is 140 Å². The second kappa shape index (κ2) is 7.84. The van der Waals surface area contributed by atoms with Crippen LogP contribution in [0.15, 0.2) is 29.2 Å². The quantitative estimate of drug-likeness (QED) is 0.507. The molecule has 1 atom stereocenters. The van der Waals surface area contributed by atoms with Gasteiger partial charge in [-0.15, -0.1) is 4.08 Å². The second-order valence-electron chi connectivity index (χ2n) is 4.40. The molecule has 0 spiro atoms. The lowest BCUT2D eigenvalue weighted by atomic mass is 10.4. The fraction of sp³-hybridized carbons (Fsp3) is 0.417. The van der Waals surface area contributed by atoms with Crippen LogP contribution in [-0.2, 0) is 19.4 Å². The van der Waals surface area contributed by atoms with E-state index in [0.717, 1.165) is 20.1 Å². The van der Waals surface area contributed by atoms with Crippen molar-refractivity contribution in [1.82, 2.24) is 8.75 Å². The van der Waals surface area contributed by atoms with E-state index in [2.05, 4.69) is 0 Å². The van der Waals surface area contributed by atoms with Gasteiger partial charge in [-0.25, -0.2) is 8.42 Å². The molecule has 0 heterocycles. The Morgan fingerprint density at radius 2 is 1.82 bits per heavy atom. The Hall–Kier alpha value is -0.530. The molecule has 0 N–H and O–H groups in total. The maximum atomic E-state index is 13.1. The number of amides is 1. The van der Waals surface area contributed by atoms with Crippen molar-refractivity contribution in [3.05, 3.63) is 29.3 Å². The van der Waals surface area contributed by atoms with E-state index in [-0.39, 0.29) is 4.90 Å². The van der Waals surface area contributed by atoms with Gasteiger partial charge < -0.3 is 0 Å². The SMILES string of the molecule is CCCSP(=O)(N(C)C=O)N(C)S(=O)(=O)c1ccc(Cl)cc1. The van der Waals surface area contributed by atoms with Crippen molar-refractivity contribution in [3.63, 3.8) is 0 Å². The lowest BCUT2D eigenvalue weighted by Gasteiger charge is -2.31. The number of hydrogen-bond acceptors (Lipinski definition) is 5. The summed E-state index contributed by atoms with van der Waals surface area (Å²) in [5, 5.41) is 0.398. The van der Waals surface area contributed by atoms with Crippen molar-refractivity contribution in [3.8, 4) is 0 Å². The molecular formula is C12H18ClN2O4PS2. The molecule has 1 amide bonds. The van der Waals surface area contributed by atoms with Crippen molar-refractivity contribution in [2.75, 3.05) is 19.8 Å². The molecule has 0 bridgehead atoms. The normalized spacial score (nSPS) is 14.6. The monoisotopic (exact) mass is 384 g/mol. The van der Waals surface area contributed by atoms with Crippen molar-refractivity contribution < 1.29 is 17.8 Å². The van der Waals surface area contributed by atoms with Crippen LogP contribution in [0.25, 0.3) is 0 Å². The van der Waals surface area contributed by atoms with Gasteiger partial charge in [-0.05, 0) is 30.7 Å².